The van der Waals surface area contributed by atoms with Gasteiger partial charge < -0.3 is 15.7 Å². The minimum atomic E-state index is 0. The van der Waals surface area contributed by atoms with Gasteiger partial charge in [0, 0.05) is 31.1 Å². The van der Waals surface area contributed by atoms with Crippen molar-refractivity contribution in [3.8, 4) is 0 Å². The van der Waals surface area contributed by atoms with Gasteiger partial charge in [-0.3, -0.25) is 0 Å². The van der Waals surface area contributed by atoms with E-state index in [1.54, 1.807) is 11.3 Å². The molecular formula is C10H20Cl2N2OS. The lowest BCUT2D eigenvalue weighted by Gasteiger charge is -2.04. The SMILES string of the molecule is Cc1ccsc1CNCCNCCO.Cl.Cl. The Balaban J connectivity index is 0. The van der Waals surface area contributed by atoms with Gasteiger partial charge in [-0.1, -0.05) is 0 Å². The Labute approximate surface area is 113 Å². The minimum absolute atomic E-state index is 0. The van der Waals surface area contributed by atoms with Crippen LogP contribution in [0, 0.1) is 6.92 Å². The van der Waals surface area contributed by atoms with Crippen LogP contribution in [-0.2, 0) is 6.54 Å². The van der Waals surface area contributed by atoms with E-state index in [0.717, 1.165) is 19.6 Å². The summed E-state index contributed by atoms with van der Waals surface area (Å²) in [6, 6.07) is 2.14. The largest absolute Gasteiger partial charge is 0.395 e. The van der Waals surface area contributed by atoms with Gasteiger partial charge in [-0.05, 0) is 23.9 Å². The average Bonchev–Trinajstić information content (AvgIpc) is 2.58. The number of thiophene rings is 1. The summed E-state index contributed by atoms with van der Waals surface area (Å²) in [7, 11) is 0. The lowest BCUT2D eigenvalue weighted by molar-refractivity contribution is 0.292. The molecule has 0 aliphatic rings. The number of hydrogen-bond acceptors (Lipinski definition) is 4. The molecule has 1 rings (SSSR count). The van der Waals surface area contributed by atoms with Crippen LogP contribution in [0.25, 0.3) is 0 Å². The fraction of sp³-hybridized carbons (Fsp3) is 0.600. The van der Waals surface area contributed by atoms with E-state index in [0.29, 0.717) is 6.54 Å². The summed E-state index contributed by atoms with van der Waals surface area (Å²) in [6.45, 7) is 5.83. The maximum Gasteiger partial charge on any atom is 0.0555 e. The molecule has 3 nitrogen and oxygen atoms in total. The fourth-order valence-corrected chi connectivity index (χ4v) is 2.04. The Morgan fingerprint density at radius 3 is 2.44 bits per heavy atom. The zero-order valence-electron chi connectivity index (χ0n) is 9.36. The van der Waals surface area contributed by atoms with Gasteiger partial charge in [0.1, 0.15) is 0 Å². The summed E-state index contributed by atoms with van der Waals surface area (Å²) in [6.07, 6.45) is 0. The number of aliphatic hydroxyl groups is 1. The molecular weight excluding hydrogens is 267 g/mol. The summed E-state index contributed by atoms with van der Waals surface area (Å²) >= 11 is 1.79. The number of rotatable bonds is 7. The molecule has 0 fully saturated rings. The van der Waals surface area contributed by atoms with E-state index in [2.05, 4.69) is 29.0 Å². The molecule has 1 aromatic rings. The molecule has 0 bridgehead atoms. The van der Waals surface area contributed by atoms with Crippen LogP contribution in [-0.4, -0.2) is 31.3 Å². The molecule has 0 radical (unpaired) electrons. The lowest BCUT2D eigenvalue weighted by atomic mass is 10.3. The molecule has 0 saturated carbocycles. The molecule has 0 saturated heterocycles. The molecule has 1 aromatic heterocycles. The second-order valence-electron chi connectivity index (χ2n) is 3.18. The van der Waals surface area contributed by atoms with Crippen LogP contribution >= 0.6 is 36.2 Å². The normalized spacial score (nSPS) is 9.38. The molecule has 0 spiro atoms. The maximum absolute atomic E-state index is 8.53. The summed E-state index contributed by atoms with van der Waals surface area (Å²) in [5.41, 5.74) is 1.37. The van der Waals surface area contributed by atoms with Gasteiger partial charge in [0.05, 0.1) is 6.61 Å². The molecule has 0 unspecified atom stereocenters. The summed E-state index contributed by atoms with van der Waals surface area (Å²) in [5.74, 6) is 0. The highest BCUT2D eigenvalue weighted by molar-refractivity contribution is 7.10. The van der Waals surface area contributed by atoms with Gasteiger partial charge >= 0.3 is 0 Å². The second-order valence-corrected chi connectivity index (χ2v) is 4.18. The first kappa shape index (κ1) is 18.5. The predicted octanol–water partition coefficient (Wildman–Crippen LogP) is 1.57. The number of aryl methyl sites for hydroxylation is 1. The zero-order valence-corrected chi connectivity index (χ0v) is 11.8. The van der Waals surface area contributed by atoms with Gasteiger partial charge in [0.2, 0.25) is 0 Å². The average molecular weight is 287 g/mol. The fourth-order valence-electron chi connectivity index (χ4n) is 1.17. The third-order valence-electron chi connectivity index (χ3n) is 2.02. The molecule has 16 heavy (non-hydrogen) atoms. The van der Waals surface area contributed by atoms with Crippen LogP contribution in [0.15, 0.2) is 11.4 Å². The first-order valence-electron chi connectivity index (χ1n) is 4.90. The number of nitrogens with one attached hydrogen (secondary N) is 2. The Morgan fingerprint density at radius 1 is 1.19 bits per heavy atom. The van der Waals surface area contributed by atoms with Gasteiger partial charge in [-0.2, -0.15) is 0 Å². The highest BCUT2D eigenvalue weighted by Gasteiger charge is 1.97. The number of halogens is 2. The molecule has 1 heterocycles. The Hall–Kier alpha value is 0.160. The highest BCUT2D eigenvalue weighted by atomic mass is 35.5. The summed E-state index contributed by atoms with van der Waals surface area (Å²) < 4.78 is 0. The highest BCUT2D eigenvalue weighted by Crippen LogP contribution is 2.14. The molecule has 0 atom stereocenters. The molecule has 96 valence electrons. The van der Waals surface area contributed by atoms with Crippen LogP contribution in [0.2, 0.25) is 0 Å². The van der Waals surface area contributed by atoms with E-state index in [9.17, 15) is 0 Å². The number of aliphatic hydroxyl groups excluding tert-OH is 1. The van der Waals surface area contributed by atoms with Crippen LogP contribution in [0.1, 0.15) is 10.4 Å². The predicted molar refractivity (Wildman–Crippen MR) is 75.2 cm³/mol. The van der Waals surface area contributed by atoms with Crippen LogP contribution < -0.4 is 10.6 Å². The smallest absolute Gasteiger partial charge is 0.0555 e. The van der Waals surface area contributed by atoms with Crippen molar-refractivity contribution in [2.75, 3.05) is 26.2 Å². The van der Waals surface area contributed by atoms with Gasteiger partial charge in [-0.15, -0.1) is 36.2 Å². The second kappa shape index (κ2) is 11.6. The number of hydrogen-bond donors (Lipinski definition) is 3. The monoisotopic (exact) mass is 286 g/mol. The third kappa shape index (κ3) is 7.44. The van der Waals surface area contributed by atoms with Crippen molar-refractivity contribution in [3.05, 3.63) is 21.9 Å². The molecule has 0 aliphatic carbocycles. The van der Waals surface area contributed by atoms with Crippen molar-refractivity contribution < 1.29 is 5.11 Å². The van der Waals surface area contributed by atoms with Crippen LogP contribution in [0.5, 0.6) is 0 Å². The van der Waals surface area contributed by atoms with Gasteiger partial charge in [0.25, 0.3) is 0 Å². The van der Waals surface area contributed by atoms with Gasteiger partial charge in [-0.25, -0.2) is 0 Å². The Morgan fingerprint density at radius 2 is 1.88 bits per heavy atom. The molecule has 0 aromatic carbocycles. The minimum Gasteiger partial charge on any atom is -0.395 e. The van der Waals surface area contributed by atoms with Crippen LogP contribution in [0.4, 0.5) is 0 Å². The van der Waals surface area contributed by atoms with E-state index in [1.807, 2.05) is 0 Å². The topological polar surface area (TPSA) is 44.3 Å². The Bertz CT molecular complexity index is 259. The summed E-state index contributed by atoms with van der Waals surface area (Å²) in [4.78, 5) is 1.41. The van der Waals surface area contributed by atoms with Crippen LogP contribution in [0.3, 0.4) is 0 Å². The van der Waals surface area contributed by atoms with Crippen molar-refractivity contribution in [2.24, 2.45) is 0 Å². The first-order chi connectivity index (χ1) is 6.84. The lowest BCUT2D eigenvalue weighted by Crippen LogP contribution is -2.28. The van der Waals surface area contributed by atoms with Crippen molar-refractivity contribution in [1.29, 1.82) is 0 Å². The van der Waals surface area contributed by atoms with Crippen molar-refractivity contribution >= 4 is 36.2 Å². The molecule has 3 N–H and O–H groups in total. The van der Waals surface area contributed by atoms with Gasteiger partial charge in [0.15, 0.2) is 0 Å². The summed E-state index contributed by atoms with van der Waals surface area (Å²) in [5, 5.41) is 17.1. The standard InChI is InChI=1S/C10H18N2OS.2ClH/c1-9-2-7-14-10(9)8-12-4-3-11-5-6-13;;/h2,7,11-13H,3-6,8H2,1H3;2*1H. The first-order valence-corrected chi connectivity index (χ1v) is 5.78. The van der Waals surface area contributed by atoms with E-state index in [4.69, 9.17) is 5.11 Å². The Kier molecular flexibility index (Phi) is 13.5. The van der Waals surface area contributed by atoms with Crippen molar-refractivity contribution in [3.63, 3.8) is 0 Å². The maximum atomic E-state index is 8.53. The third-order valence-corrected chi connectivity index (χ3v) is 3.04. The van der Waals surface area contributed by atoms with Crippen molar-refractivity contribution in [2.45, 2.75) is 13.5 Å². The molecule has 0 amide bonds. The molecule has 6 heteroatoms. The van der Waals surface area contributed by atoms with Crippen molar-refractivity contribution in [1.82, 2.24) is 10.6 Å². The van der Waals surface area contributed by atoms with E-state index in [-0.39, 0.29) is 31.4 Å². The van der Waals surface area contributed by atoms with E-state index >= 15 is 0 Å². The van der Waals surface area contributed by atoms with E-state index < -0.39 is 0 Å². The zero-order chi connectivity index (χ0) is 10.2. The molecule has 0 aliphatic heterocycles. The quantitative estimate of drug-likeness (QED) is 0.667. The van der Waals surface area contributed by atoms with E-state index in [1.165, 1.54) is 10.4 Å².